The lowest BCUT2D eigenvalue weighted by Crippen LogP contribution is -3.00. The minimum atomic E-state index is -4.33. The third-order valence-electron chi connectivity index (χ3n) is 16.2. The Bertz CT molecular complexity index is 1570. The fraction of sp³-hybridized carbons (Fsp3) is 0.795. The third-order valence-corrected chi connectivity index (χ3v) is 16.2. The molecule has 8 heteroatoms. The van der Waals surface area contributed by atoms with Crippen LogP contribution in [0.2, 0.25) is 0 Å². The van der Waals surface area contributed by atoms with Crippen molar-refractivity contribution in [2.24, 2.45) is 57.8 Å². The van der Waals surface area contributed by atoms with Crippen LogP contribution in [0.15, 0.2) is 24.3 Å². The summed E-state index contributed by atoms with van der Waals surface area (Å²) in [5.74, 6) is 2.62. The Morgan fingerprint density at radius 3 is 2.23 bits per heavy atom. The van der Waals surface area contributed by atoms with Gasteiger partial charge in [0.05, 0.1) is 23.5 Å². The van der Waals surface area contributed by atoms with Gasteiger partial charge in [0.25, 0.3) is 0 Å². The van der Waals surface area contributed by atoms with E-state index in [1.165, 1.54) is 74.9 Å². The van der Waals surface area contributed by atoms with E-state index in [4.69, 9.17) is 9.95 Å². The summed E-state index contributed by atoms with van der Waals surface area (Å²) in [6.45, 7) is 19.3. The monoisotopic (exact) mass is 765 g/mol. The lowest BCUT2D eigenvalue weighted by molar-refractivity contribution is -0.757. The van der Waals surface area contributed by atoms with Gasteiger partial charge in [0.2, 0.25) is 0 Å². The second-order valence-corrected chi connectivity index (χ2v) is 18.8. The van der Waals surface area contributed by atoms with Crippen LogP contribution in [0, 0.1) is 50.7 Å². The highest BCUT2D eigenvalue weighted by Gasteiger charge is 2.73. The first-order valence-electron chi connectivity index (χ1n) is 18.1. The number of ether oxygens (including phenoxy) is 1. The quantitative estimate of drug-likeness (QED) is 0.291. The van der Waals surface area contributed by atoms with Gasteiger partial charge in [-0.15, -0.1) is 9.36 Å². The summed E-state index contributed by atoms with van der Waals surface area (Å²) >= 11 is 0. The van der Waals surface area contributed by atoms with E-state index in [1.807, 2.05) is 0 Å². The summed E-state index contributed by atoms with van der Waals surface area (Å²) in [4.78, 5) is 0. The standard InChI is InChI=1S/C39H55F3N3O.HI/c1-33(2)17-19-38-20-18-36(6)26(30(38)32(33)46-23-38)13-14-29-35(5)21-27-31(34(3,4)28(35)15-16-37(29,36)7)45(43-44(27)8)22-24-9-11-25(12-10-24)39(40,41)42;/h9-12,26,28-30,32H,13-23H2,1-8H3;1H/q+1;/p-1/t26-,28+,29-,30+,32-,35+,36-,37-,38-;/m1./s1. The molecule has 2 aromatic rings. The number of hydrogen-bond acceptors (Lipinski definition) is 2. The normalized spacial score (nSPS) is 42.7. The van der Waals surface area contributed by atoms with Gasteiger partial charge in [-0.1, -0.05) is 60.6 Å². The Morgan fingerprint density at radius 2 is 1.55 bits per heavy atom. The van der Waals surface area contributed by atoms with E-state index < -0.39 is 11.7 Å². The van der Waals surface area contributed by atoms with Crippen molar-refractivity contribution < 1.29 is 46.6 Å². The summed E-state index contributed by atoms with van der Waals surface area (Å²) in [5.41, 5.74) is 4.18. The van der Waals surface area contributed by atoms with Crippen LogP contribution in [0.1, 0.15) is 122 Å². The number of aromatic nitrogens is 3. The summed E-state index contributed by atoms with van der Waals surface area (Å²) in [5, 5.41) is 5.02. The predicted molar refractivity (Wildman–Crippen MR) is 172 cm³/mol. The van der Waals surface area contributed by atoms with Gasteiger partial charge in [0.15, 0.2) is 11.4 Å². The first-order chi connectivity index (χ1) is 21.4. The van der Waals surface area contributed by atoms with Crippen LogP contribution < -0.4 is 28.7 Å². The maximum Gasteiger partial charge on any atom is 0.416 e. The van der Waals surface area contributed by atoms with Crippen molar-refractivity contribution >= 4 is 0 Å². The van der Waals surface area contributed by atoms with Crippen molar-refractivity contribution in [2.75, 3.05) is 6.61 Å². The van der Waals surface area contributed by atoms with Crippen molar-refractivity contribution in [1.82, 2.24) is 9.90 Å². The summed E-state index contributed by atoms with van der Waals surface area (Å²) in [7, 11) is 2.07. The van der Waals surface area contributed by atoms with Crippen LogP contribution >= 0.6 is 0 Å². The summed E-state index contributed by atoms with van der Waals surface area (Å²) in [6.07, 6.45) is 7.55. The predicted octanol–water partition coefficient (Wildman–Crippen LogP) is 5.68. The van der Waals surface area contributed by atoms with Gasteiger partial charge in [0, 0.05) is 11.8 Å². The summed E-state index contributed by atoms with van der Waals surface area (Å²) in [6, 6.07) is 5.62. The topological polar surface area (TPSA) is 30.9 Å². The zero-order valence-electron chi connectivity index (χ0n) is 29.7. The molecule has 0 N–H and O–H groups in total. The number of hydrogen-bond donors (Lipinski definition) is 0. The molecule has 1 aromatic carbocycles. The average molecular weight is 766 g/mol. The van der Waals surface area contributed by atoms with Crippen LogP contribution in [0.3, 0.4) is 0 Å². The molecular weight excluding hydrogens is 710 g/mol. The van der Waals surface area contributed by atoms with E-state index in [0.717, 1.165) is 24.5 Å². The number of halogens is 4. The van der Waals surface area contributed by atoms with Crippen LogP contribution in [0.25, 0.3) is 0 Å². The lowest BCUT2D eigenvalue weighted by atomic mass is 9.31. The van der Waals surface area contributed by atoms with Crippen molar-refractivity contribution in [1.29, 1.82) is 0 Å². The number of fused-ring (bicyclic) bond motifs is 6. The molecule has 1 saturated heterocycles. The minimum absolute atomic E-state index is 0. The molecule has 2 heterocycles. The SMILES string of the molecule is Cn1n[n+](Cc2ccc(C(F)(F)F)cc2)c2c1C[C@]1(C)[C@H]3CC[C@@H]4[C@H]5[C@H]6OC[C@@]5(CCC6(C)C)CC[C@@]4(C)[C@]3(C)CC[C@H]1C2(C)C.[I-]. The Morgan fingerprint density at radius 1 is 0.872 bits per heavy atom. The highest BCUT2D eigenvalue weighted by Crippen LogP contribution is 2.77. The average Bonchev–Trinajstić information content (AvgIpc) is 3.46. The molecule has 1 aliphatic heterocycles. The molecule has 260 valence electrons. The zero-order valence-corrected chi connectivity index (χ0v) is 31.9. The largest absolute Gasteiger partial charge is 1.00 e. The molecule has 1 aromatic heterocycles. The lowest BCUT2D eigenvalue weighted by Gasteiger charge is -2.72. The highest BCUT2D eigenvalue weighted by atomic mass is 127. The maximum atomic E-state index is 13.2. The van der Waals surface area contributed by atoms with E-state index >= 15 is 0 Å². The fourth-order valence-electron chi connectivity index (χ4n) is 13.8. The van der Waals surface area contributed by atoms with E-state index in [0.29, 0.717) is 41.2 Å². The van der Waals surface area contributed by atoms with Gasteiger partial charge in [-0.3, -0.25) is 0 Å². The van der Waals surface area contributed by atoms with E-state index in [2.05, 4.69) is 64.9 Å². The molecule has 5 fully saturated rings. The van der Waals surface area contributed by atoms with Crippen LogP contribution in [-0.4, -0.2) is 22.6 Å². The molecule has 8 rings (SSSR count). The number of rotatable bonds is 2. The second-order valence-electron chi connectivity index (χ2n) is 18.8. The molecule has 47 heavy (non-hydrogen) atoms. The highest BCUT2D eigenvalue weighted by molar-refractivity contribution is 5.31. The fourth-order valence-corrected chi connectivity index (χ4v) is 13.8. The third kappa shape index (κ3) is 4.46. The Kier molecular flexibility index (Phi) is 7.62. The second kappa shape index (κ2) is 10.4. The van der Waals surface area contributed by atoms with E-state index in [9.17, 15) is 13.2 Å². The zero-order chi connectivity index (χ0) is 32.9. The van der Waals surface area contributed by atoms with E-state index in [1.54, 1.807) is 12.1 Å². The van der Waals surface area contributed by atoms with Crippen LogP contribution in [0.4, 0.5) is 13.2 Å². The molecule has 5 aliphatic carbocycles. The number of nitrogens with zero attached hydrogens (tertiary/aromatic N) is 3. The molecule has 0 unspecified atom stereocenters. The van der Waals surface area contributed by atoms with Gasteiger partial charge in [0.1, 0.15) is 13.6 Å². The number of alkyl halides is 3. The molecule has 6 aliphatic rings. The first kappa shape index (κ1) is 34.3. The van der Waals surface area contributed by atoms with Crippen molar-refractivity contribution in [2.45, 2.75) is 130 Å². The van der Waals surface area contributed by atoms with E-state index in [-0.39, 0.29) is 45.6 Å². The molecular formula is C39H55F3IN3O. The van der Waals surface area contributed by atoms with Crippen molar-refractivity contribution in [3.05, 3.63) is 46.8 Å². The molecule has 0 amide bonds. The Balaban J connectivity index is 0.00000351. The Hall–Kier alpha value is -1.16. The van der Waals surface area contributed by atoms with Crippen LogP contribution in [0.5, 0.6) is 0 Å². The van der Waals surface area contributed by atoms with Gasteiger partial charge >= 0.3 is 6.18 Å². The molecule has 2 bridgehead atoms. The number of benzene rings is 1. The van der Waals surface area contributed by atoms with Crippen molar-refractivity contribution in [3.63, 3.8) is 0 Å². The molecule has 4 nitrogen and oxygen atoms in total. The minimum Gasteiger partial charge on any atom is -1.00 e. The molecule has 9 atom stereocenters. The maximum absolute atomic E-state index is 13.2. The van der Waals surface area contributed by atoms with Gasteiger partial charge in [-0.25, -0.2) is 0 Å². The smallest absolute Gasteiger partial charge is 0.416 e. The van der Waals surface area contributed by atoms with Gasteiger partial charge in [-0.2, -0.15) is 13.2 Å². The first-order valence-corrected chi connectivity index (χ1v) is 18.1. The Labute approximate surface area is 297 Å². The van der Waals surface area contributed by atoms with Gasteiger partial charge in [-0.05, 0) is 120 Å². The molecule has 4 saturated carbocycles. The van der Waals surface area contributed by atoms with Crippen molar-refractivity contribution in [3.8, 4) is 0 Å². The summed E-state index contributed by atoms with van der Waals surface area (Å²) < 4.78 is 50.7. The van der Waals surface area contributed by atoms with Crippen LogP contribution in [-0.2, 0) is 36.3 Å². The molecule has 0 spiro atoms. The number of aryl methyl sites for hydroxylation is 1. The van der Waals surface area contributed by atoms with Gasteiger partial charge < -0.3 is 28.7 Å². The molecule has 0 radical (unpaired) electrons.